The number of hydrogen-bond acceptors (Lipinski definition) is 4. The number of nitrogens with zero attached hydrogens (tertiary/aromatic N) is 1. The molecule has 0 aromatic heterocycles. The van der Waals surface area contributed by atoms with Crippen molar-refractivity contribution in [2.45, 2.75) is 13.0 Å². The average Bonchev–Trinajstić information content (AvgIpc) is 3.04. The van der Waals surface area contributed by atoms with Crippen molar-refractivity contribution in [1.82, 2.24) is 0 Å². The molecule has 1 aliphatic rings. The Morgan fingerprint density at radius 1 is 0.906 bits per heavy atom. The molecule has 0 saturated carbocycles. The maximum absolute atomic E-state index is 14.1. The number of anilines is 1. The highest BCUT2D eigenvalue weighted by atomic mass is 19.1. The Labute approximate surface area is 182 Å². The molecule has 1 fully saturated rings. The van der Waals surface area contributed by atoms with Crippen LogP contribution < -0.4 is 4.90 Å². The molecule has 1 unspecified atom stereocenters. The van der Waals surface area contributed by atoms with Crippen molar-refractivity contribution >= 4 is 29.1 Å². The number of ketones is 1. The number of benzene rings is 3. The molecule has 1 amide bonds. The van der Waals surface area contributed by atoms with Gasteiger partial charge in [-0.1, -0.05) is 48.0 Å². The van der Waals surface area contributed by atoms with Gasteiger partial charge in [0.2, 0.25) is 0 Å². The third-order valence-electron chi connectivity index (χ3n) is 5.31. The quantitative estimate of drug-likeness (QED) is 0.361. The van der Waals surface area contributed by atoms with Crippen LogP contribution in [0.25, 0.3) is 5.76 Å². The van der Waals surface area contributed by atoms with E-state index in [0.717, 1.165) is 10.5 Å². The first-order chi connectivity index (χ1) is 15.3. The molecule has 160 valence electrons. The van der Waals surface area contributed by atoms with E-state index in [0.29, 0.717) is 5.56 Å². The van der Waals surface area contributed by atoms with E-state index in [-0.39, 0.29) is 22.4 Å². The monoisotopic (exact) mass is 431 g/mol. The predicted molar refractivity (Wildman–Crippen MR) is 116 cm³/mol. The number of aliphatic hydroxyl groups excluding tert-OH is 1. The van der Waals surface area contributed by atoms with Gasteiger partial charge in [0, 0.05) is 11.3 Å². The Hall–Kier alpha value is -4.26. The molecule has 1 heterocycles. The van der Waals surface area contributed by atoms with Crippen LogP contribution in [0, 0.1) is 12.7 Å². The zero-order valence-corrected chi connectivity index (χ0v) is 16.9. The largest absolute Gasteiger partial charge is 0.507 e. The summed E-state index contributed by atoms with van der Waals surface area (Å²) < 4.78 is 14.1. The summed E-state index contributed by atoms with van der Waals surface area (Å²) in [5.74, 6) is -4.07. The Morgan fingerprint density at radius 2 is 1.59 bits per heavy atom. The van der Waals surface area contributed by atoms with Gasteiger partial charge in [-0.2, -0.15) is 0 Å². The number of carboxylic acid groups (broad SMARTS) is 1. The maximum atomic E-state index is 14.1. The number of carbonyl (C=O) groups excluding carboxylic acids is 2. The van der Waals surface area contributed by atoms with Crippen molar-refractivity contribution < 1.29 is 29.0 Å². The van der Waals surface area contributed by atoms with Gasteiger partial charge in [0.1, 0.15) is 11.6 Å². The molecule has 0 spiro atoms. The van der Waals surface area contributed by atoms with Crippen molar-refractivity contribution in [3.63, 3.8) is 0 Å². The first-order valence-corrected chi connectivity index (χ1v) is 9.75. The van der Waals surface area contributed by atoms with E-state index in [4.69, 9.17) is 0 Å². The minimum atomic E-state index is -1.20. The Bertz CT molecular complexity index is 1280. The number of aryl methyl sites for hydroxylation is 1. The lowest BCUT2D eigenvalue weighted by molar-refractivity contribution is -0.132. The van der Waals surface area contributed by atoms with Gasteiger partial charge < -0.3 is 10.2 Å². The van der Waals surface area contributed by atoms with Gasteiger partial charge in [0.15, 0.2) is 0 Å². The van der Waals surface area contributed by atoms with Crippen molar-refractivity contribution in [3.8, 4) is 0 Å². The second kappa shape index (κ2) is 8.11. The van der Waals surface area contributed by atoms with Gasteiger partial charge in [-0.25, -0.2) is 9.18 Å². The van der Waals surface area contributed by atoms with E-state index in [1.54, 1.807) is 24.3 Å². The van der Waals surface area contributed by atoms with Crippen LogP contribution in [0.4, 0.5) is 10.1 Å². The van der Waals surface area contributed by atoms with Crippen molar-refractivity contribution in [3.05, 3.63) is 106 Å². The highest BCUT2D eigenvalue weighted by Gasteiger charge is 2.47. The number of carboxylic acids is 1. The van der Waals surface area contributed by atoms with E-state index in [2.05, 4.69) is 0 Å². The van der Waals surface area contributed by atoms with Gasteiger partial charge in [-0.05, 0) is 42.8 Å². The maximum Gasteiger partial charge on any atom is 0.335 e. The van der Waals surface area contributed by atoms with Crippen LogP contribution in [-0.4, -0.2) is 27.9 Å². The minimum Gasteiger partial charge on any atom is -0.507 e. The van der Waals surface area contributed by atoms with E-state index in [1.807, 2.05) is 6.92 Å². The molecule has 0 aliphatic carbocycles. The molecule has 2 N–H and O–H groups in total. The summed E-state index contributed by atoms with van der Waals surface area (Å²) in [7, 11) is 0. The second-order valence-electron chi connectivity index (χ2n) is 7.45. The topological polar surface area (TPSA) is 94.9 Å². The van der Waals surface area contributed by atoms with E-state index in [9.17, 15) is 29.0 Å². The molecule has 1 atom stereocenters. The first-order valence-electron chi connectivity index (χ1n) is 9.75. The standard InChI is InChI=1S/C25H18FNO5/c1-14-8-10-15(11-9-14)22(28)20-21(16-4-2-6-18(26)12-16)27(24(30)23(20)29)19-7-3-5-17(13-19)25(31)32/h2-13,21,28H,1H3,(H,31,32). The molecular formula is C25H18FNO5. The number of Topliss-reactive ketones (excluding diaryl/α,β-unsaturated/α-hetero) is 1. The molecule has 1 saturated heterocycles. The van der Waals surface area contributed by atoms with Crippen LogP contribution in [0.5, 0.6) is 0 Å². The minimum absolute atomic E-state index is 0.0825. The highest BCUT2D eigenvalue weighted by molar-refractivity contribution is 6.51. The van der Waals surface area contributed by atoms with Crippen LogP contribution >= 0.6 is 0 Å². The lowest BCUT2D eigenvalue weighted by Gasteiger charge is -2.25. The van der Waals surface area contributed by atoms with Crippen molar-refractivity contribution in [2.75, 3.05) is 4.90 Å². The summed E-state index contributed by atoms with van der Waals surface area (Å²) in [6.07, 6.45) is 0. The van der Waals surface area contributed by atoms with E-state index in [1.165, 1.54) is 48.5 Å². The SMILES string of the molecule is Cc1ccc(C(O)=C2C(=O)C(=O)N(c3cccc(C(=O)O)c3)C2c2cccc(F)c2)cc1. The Balaban J connectivity index is 1.96. The van der Waals surface area contributed by atoms with E-state index >= 15 is 0 Å². The summed E-state index contributed by atoms with van der Waals surface area (Å²) in [5, 5.41) is 20.3. The van der Waals surface area contributed by atoms with Gasteiger partial charge in [0.05, 0.1) is 17.2 Å². The zero-order chi connectivity index (χ0) is 23.0. The second-order valence-corrected chi connectivity index (χ2v) is 7.45. The predicted octanol–water partition coefficient (Wildman–Crippen LogP) is 4.46. The van der Waals surface area contributed by atoms with Crippen LogP contribution in [-0.2, 0) is 9.59 Å². The summed E-state index contributed by atoms with van der Waals surface area (Å²) >= 11 is 0. The number of hydrogen-bond donors (Lipinski definition) is 2. The Kier molecular flexibility index (Phi) is 5.32. The van der Waals surface area contributed by atoms with Gasteiger partial charge in [0.25, 0.3) is 11.7 Å². The molecule has 0 radical (unpaired) electrons. The summed E-state index contributed by atoms with van der Waals surface area (Å²) in [5.41, 5.74) is 1.39. The average molecular weight is 431 g/mol. The van der Waals surface area contributed by atoms with E-state index < -0.39 is 35.3 Å². The van der Waals surface area contributed by atoms with Gasteiger partial charge in [-0.15, -0.1) is 0 Å². The summed E-state index contributed by atoms with van der Waals surface area (Å²) in [6.45, 7) is 1.87. The lowest BCUT2D eigenvalue weighted by atomic mass is 9.94. The molecule has 4 rings (SSSR count). The Morgan fingerprint density at radius 3 is 2.25 bits per heavy atom. The molecule has 0 bridgehead atoms. The normalized spacial score (nSPS) is 17.6. The summed E-state index contributed by atoms with van der Waals surface area (Å²) in [4.78, 5) is 38.6. The van der Waals surface area contributed by atoms with Gasteiger partial charge in [-0.3, -0.25) is 14.5 Å². The highest BCUT2D eigenvalue weighted by Crippen LogP contribution is 2.42. The fourth-order valence-corrected chi connectivity index (χ4v) is 3.75. The molecule has 32 heavy (non-hydrogen) atoms. The molecule has 6 nitrogen and oxygen atoms in total. The zero-order valence-electron chi connectivity index (χ0n) is 16.9. The van der Waals surface area contributed by atoms with Crippen LogP contribution in [0.2, 0.25) is 0 Å². The summed E-state index contributed by atoms with van der Waals surface area (Å²) in [6, 6.07) is 16.5. The molecular weight excluding hydrogens is 413 g/mol. The third kappa shape index (κ3) is 3.65. The molecule has 3 aromatic rings. The molecule has 3 aromatic carbocycles. The number of aliphatic hydroxyl groups is 1. The van der Waals surface area contributed by atoms with Gasteiger partial charge >= 0.3 is 5.97 Å². The van der Waals surface area contributed by atoms with Crippen LogP contribution in [0.1, 0.15) is 33.1 Å². The number of aromatic carboxylic acids is 1. The van der Waals surface area contributed by atoms with Crippen LogP contribution in [0.15, 0.2) is 78.4 Å². The number of halogens is 1. The third-order valence-corrected chi connectivity index (χ3v) is 5.31. The lowest BCUT2D eigenvalue weighted by Crippen LogP contribution is -2.29. The smallest absolute Gasteiger partial charge is 0.335 e. The number of carbonyl (C=O) groups is 3. The number of amides is 1. The van der Waals surface area contributed by atoms with Crippen LogP contribution in [0.3, 0.4) is 0 Å². The fraction of sp³-hybridized carbons (Fsp3) is 0.0800. The number of rotatable bonds is 4. The fourth-order valence-electron chi connectivity index (χ4n) is 3.75. The van der Waals surface area contributed by atoms with Crippen molar-refractivity contribution in [1.29, 1.82) is 0 Å². The van der Waals surface area contributed by atoms with Crippen molar-refractivity contribution in [2.24, 2.45) is 0 Å². The molecule has 7 heteroatoms. The first kappa shape index (κ1) is 21.0. The molecule has 1 aliphatic heterocycles.